The molecule has 1 aromatic rings. The van der Waals surface area contributed by atoms with Crippen LogP contribution in [0.15, 0.2) is 23.1 Å². The number of rotatable bonds is 3. The van der Waals surface area contributed by atoms with E-state index in [1.807, 2.05) is 0 Å². The van der Waals surface area contributed by atoms with E-state index in [0.717, 1.165) is 6.07 Å². The lowest BCUT2D eigenvalue weighted by atomic mass is 10.1. The van der Waals surface area contributed by atoms with Gasteiger partial charge in [-0.2, -0.15) is 4.31 Å². The van der Waals surface area contributed by atoms with E-state index in [0.29, 0.717) is 18.7 Å². The molecule has 0 unspecified atom stereocenters. The van der Waals surface area contributed by atoms with Crippen molar-refractivity contribution in [1.82, 2.24) is 4.31 Å². The second-order valence-corrected chi connectivity index (χ2v) is 6.19. The SMILES string of the molecule is Cc1ccc(F)cc1S(=O)(=O)N1CC(CO)C1. The summed E-state index contributed by atoms with van der Waals surface area (Å²) >= 11 is 0. The average Bonchev–Trinajstić information content (AvgIpc) is 2.19. The van der Waals surface area contributed by atoms with E-state index in [1.54, 1.807) is 6.92 Å². The topological polar surface area (TPSA) is 57.6 Å². The number of nitrogens with zero attached hydrogens (tertiary/aromatic N) is 1. The molecule has 1 fully saturated rings. The van der Waals surface area contributed by atoms with Crippen LogP contribution in [0.4, 0.5) is 4.39 Å². The summed E-state index contributed by atoms with van der Waals surface area (Å²) in [5.41, 5.74) is 0.527. The van der Waals surface area contributed by atoms with Gasteiger partial charge in [-0.05, 0) is 24.6 Å². The van der Waals surface area contributed by atoms with E-state index >= 15 is 0 Å². The molecule has 2 rings (SSSR count). The maximum Gasteiger partial charge on any atom is 0.243 e. The molecule has 0 bridgehead atoms. The van der Waals surface area contributed by atoms with E-state index in [2.05, 4.69) is 0 Å². The highest BCUT2D eigenvalue weighted by atomic mass is 32.2. The van der Waals surface area contributed by atoms with Gasteiger partial charge < -0.3 is 5.11 Å². The number of aliphatic hydroxyl groups is 1. The number of benzene rings is 1. The maximum absolute atomic E-state index is 13.1. The van der Waals surface area contributed by atoms with Gasteiger partial charge in [-0.1, -0.05) is 6.07 Å². The van der Waals surface area contributed by atoms with E-state index in [4.69, 9.17) is 5.11 Å². The average molecular weight is 259 g/mol. The summed E-state index contributed by atoms with van der Waals surface area (Å²) in [5.74, 6) is -0.563. The molecule has 1 aromatic carbocycles. The number of hydrogen-bond acceptors (Lipinski definition) is 3. The molecule has 94 valence electrons. The Morgan fingerprint density at radius 1 is 1.47 bits per heavy atom. The molecular formula is C11H14FNO3S. The predicted octanol–water partition coefficient (Wildman–Crippen LogP) is 0.747. The number of hydrogen-bond donors (Lipinski definition) is 1. The summed E-state index contributed by atoms with van der Waals surface area (Å²) in [6.07, 6.45) is 0. The fourth-order valence-corrected chi connectivity index (χ4v) is 3.65. The highest BCUT2D eigenvalue weighted by molar-refractivity contribution is 7.89. The van der Waals surface area contributed by atoms with Crippen molar-refractivity contribution in [2.24, 2.45) is 5.92 Å². The zero-order chi connectivity index (χ0) is 12.6. The molecule has 0 saturated carbocycles. The van der Waals surface area contributed by atoms with Gasteiger partial charge in [0.1, 0.15) is 5.82 Å². The Hall–Kier alpha value is -0.980. The molecule has 1 N–H and O–H groups in total. The zero-order valence-electron chi connectivity index (χ0n) is 9.43. The number of aryl methyl sites for hydroxylation is 1. The molecule has 0 aromatic heterocycles. The summed E-state index contributed by atoms with van der Waals surface area (Å²) in [6.45, 7) is 2.22. The van der Waals surface area contributed by atoms with Crippen LogP contribution < -0.4 is 0 Å². The van der Waals surface area contributed by atoms with Gasteiger partial charge in [-0.15, -0.1) is 0 Å². The third-order valence-corrected chi connectivity index (χ3v) is 4.92. The van der Waals surface area contributed by atoms with E-state index in [1.165, 1.54) is 16.4 Å². The Kier molecular flexibility index (Phi) is 3.20. The van der Waals surface area contributed by atoms with Crippen LogP contribution >= 0.6 is 0 Å². The Morgan fingerprint density at radius 3 is 2.71 bits per heavy atom. The summed E-state index contributed by atoms with van der Waals surface area (Å²) in [6, 6.07) is 3.73. The van der Waals surface area contributed by atoms with Crippen LogP contribution in [0.3, 0.4) is 0 Å². The van der Waals surface area contributed by atoms with Crippen LogP contribution in [0.25, 0.3) is 0 Å². The van der Waals surface area contributed by atoms with Crippen LogP contribution in [0.5, 0.6) is 0 Å². The molecule has 6 heteroatoms. The van der Waals surface area contributed by atoms with Gasteiger partial charge in [-0.25, -0.2) is 12.8 Å². The molecule has 0 amide bonds. The fraction of sp³-hybridized carbons (Fsp3) is 0.455. The number of aliphatic hydroxyl groups excluding tert-OH is 1. The van der Waals surface area contributed by atoms with Gasteiger partial charge in [0.2, 0.25) is 10.0 Å². The largest absolute Gasteiger partial charge is 0.396 e. The molecule has 0 atom stereocenters. The van der Waals surface area contributed by atoms with Gasteiger partial charge in [0.25, 0.3) is 0 Å². The summed E-state index contributed by atoms with van der Waals surface area (Å²) in [5, 5.41) is 8.86. The lowest BCUT2D eigenvalue weighted by Crippen LogP contribution is -2.51. The maximum atomic E-state index is 13.1. The van der Waals surface area contributed by atoms with Crippen molar-refractivity contribution >= 4 is 10.0 Å². The van der Waals surface area contributed by atoms with Gasteiger partial charge >= 0.3 is 0 Å². The molecule has 1 saturated heterocycles. The molecule has 17 heavy (non-hydrogen) atoms. The van der Waals surface area contributed by atoms with Gasteiger partial charge in [-0.3, -0.25) is 0 Å². The molecule has 0 spiro atoms. The van der Waals surface area contributed by atoms with Crippen LogP contribution in [-0.2, 0) is 10.0 Å². The minimum atomic E-state index is -3.62. The van der Waals surface area contributed by atoms with Crippen LogP contribution in [0.2, 0.25) is 0 Å². The summed E-state index contributed by atoms with van der Waals surface area (Å²) in [4.78, 5) is 0.00823. The minimum Gasteiger partial charge on any atom is -0.396 e. The lowest BCUT2D eigenvalue weighted by molar-refractivity contribution is 0.117. The minimum absolute atomic E-state index is 0.00126. The number of halogens is 1. The smallest absolute Gasteiger partial charge is 0.243 e. The quantitative estimate of drug-likeness (QED) is 0.871. The van der Waals surface area contributed by atoms with Gasteiger partial charge in [0.05, 0.1) is 4.90 Å². The summed E-state index contributed by atoms with van der Waals surface area (Å²) < 4.78 is 38.6. The second kappa shape index (κ2) is 4.36. The Balaban J connectivity index is 2.30. The first-order valence-electron chi connectivity index (χ1n) is 5.32. The van der Waals surface area contributed by atoms with E-state index < -0.39 is 15.8 Å². The first kappa shape index (κ1) is 12.5. The molecular weight excluding hydrogens is 245 g/mol. The van der Waals surface area contributed by atoms with E-state index in [-0.39, 0.29) is 17.4 Å². The highest BCUT2D eigenvalue weighted by Gasteiger charge is 2.36. The second-order valence-electron chi connectivity index (χ2n) is 4.28. The normalized spacial score (nSPS) is 18.1. The molecule has 1 aliphatic rings. The van der Waals surface area contributed by atoms with E-state index in [9.17, 15) is 12.8 Å². The first-order valence-corrected chi connectivity index (χ1v) is 6.76. The molecule has 0 aliphatic carbocycles. The van der Waals surface area contributed by atoms with Crippen molar-refractivity contribution in [1.29, 1.82) is 0 Å². The third-order valence-electron chi connectivity index (χ3n) is 2.95. The van der Waals surface area contributed by atoms with Crippen molar-refractivity contribution < 1.29 is 17.9 Å². The third kappa shape index (κ3) is 2.20. The zero-order valence-corrected chi connectivity index (χ0v) is 10.2. The van der Waals surface area contributed by atoms with Crippen molar-refractivity contribution in [2.45, 2.75) is 11.8 Å². The van der Waals surface area contributed by atoms with Crippen LogP contribution in [0, 0.1) is 18.7 Å². The monoisotopic (exact) mass is 259 g/mol. The van der Waals surface area contributed by atoms with Crippen molar-refractivity contribution in [3.05, 3.63) is 29.6 Å². The standard InChI is InChI=1S/C11H14FNO3S/c1-8-2-3-10(12)4-11(8)17(15,16)13-5-9(6-13)7-14/h2-4,9,14H,5-7H2,1H3. The lowest BCUT2D eigenvalue weighted by Gasteiger charge is -2.37. The molecule has 0 radical (unpaired) electrons. The first-order chi connectivity index (χ1) is 7.95. The Morgan fingerprint density at radius 2 is 2.12 bits per heavy atom. The predicted molar refractivity (Wildman–Crippen MR) is 60.5 cm³/mol. The molecule has 1 aliphatic heterocycles. The number of sulfonamides is 1. The van der Waals surface area contributed by atoms with Crippen molar-refractivity contribution in [3.8, 4) is 0 Å². The molecule has 1 heterocycles. The Bertz CT molecular complexity index is 524. The van der Waals surface area contributed by atoms with Gasteiger partial charge in [0, 0.05) is 25.6 Å². The Labute approximate surface area is 99.7 Å². The molecule has 4 nitrogen and oxygen atoms in total. The van der Waals surface area contributed by atoms with Crippen LogP contribution in [-0.4, -0.2) is 37.5 Å². The van der Waals surface area contributed by atoms with Crippen molar-refractivity contribution in [3.63, 3.8) is 0 Å². The fourth-order valence-electron chi connectivity index (χ4n) is 1.83. The summed E-state index contributed by atoms with van der Waals surface area (Å²) in [7, 11) is -3.62. The van der Waals surface area contributed by atoms with Crippen molar-refractivity contribution in [2.75, 3.05) is 19.7 Å². The highest BCUT2D eigenvalue weighted by Crippen LogP contribution is 2.27. The van der Waals surface area contributed by atoms with Gasteiger partial charge in [0.15, 0.2) is 0 Å². The van der Waals surface area contributed by atoms with Crippen LogP contribution in [0.1, 0.15) is 5.56 Å².